The highest BCUT2D eigenvalue weighted by Gasteiger charge is 2.41. The first-order valence-corrected chi connectivity index (χ1v) is 11.8. The highest BCUT2D eigenvalue weighted by molar-refractivity contribution is 7.80. The minimum absolute atomic E-state index is 0.105. The summed E-state index contributed by atoms with van der Waals surface area (Å²) in [5, 5.41) is 13.7. The van der Waals surface area contributed by atoms with Gasteiger partial charge in [-0.15, -0.1) is 0 Å². The summed E-state index contributed by atoms with van der Waals surface area (Å²) in [6.07, 6.45) is 3.76. The Kier molecular flexibility index (Phi) is 6.57. The number of carbonyl (C=O) groups is 1. The highest BCUT2D eigenvalue weighted by Crippen LogP contribution is 2.39. The maximum absolute atomic E-state index is 11.6. The Hall–Kier alpha value is -3.27. The van der Waals surface area contributed by atoms with Gasteiger partial charge in [-0.2, -0.15) is 0 Å². The zero-order valence-electron chi connectivity index (χ0n) is 18.7. The smallest absolute Gasteiger partial charge is 0.335 e. The zero-order chi connectivity index (χ0) is 23.5. The number of benzene rings is 1. The van der Waals surface area contributed by atoms with Crippen molar-refractivity contribution < 1.29 is 14.6 Å². The third kappa shape index (κ3) is 4.54. The van der Waals surface area contributed by atoms with E-state index in [1.807, 2.05) is 41.1 Å². The first-order chi connectivity index (χ1) is 16.6. The van der Waals surface area contributed by atoms with E-state index in [-0.39, 0.29) is 17.6 Å². The number of nitrogens with zero attached hydrogens (tertiary/aromatic N) is 4. The van der Waals surface area contributed by atoms with Crippen molar-refractivity contribution in [3.63, 3.8) is 0 Å². The van der Waals surface area contributed by atoms with Gasteiger partial charge in [0.05, 0.1) is 36.6 Å². The lowest BCUT2D eigenvalue weighted by Crippen LogP contribution is -2.42. The second kappa shape index (κ2) is 9.92. The molecule has 4 heterocycles. The molecule has 0 spiro atoms. The molecule has 34 heavy (non-hydrogen) atoms. The molecule has 2 unspecified atom stereocenters. The Morgan fingerprint density at radius 3 is 2.74 bits per heavy atom. The first-order valence-electron chi connectivity index (χ1n) is 11.4. The number of pyridine rings is 1. The number of ether oxygens (including phenoxy) is 1. The SMILES string of the molecule is O=C(O)c1cccc(-n2cccc2C2C(c3ccccn3)NC(=S)N2CCN2CCOCC2)c1. The molecule has 2 N–H and O–H groups in total. The van der Waals surface area contributed by atoms with Gasteiger partial charge in [-0.1, -0.05) is 12.1 Å². The number of hydrogen-bond donors (Lipinski definition) is 2. The van der Waals surface area contributed by atoms with Gasteiger partial charge in [0, 0.05) is 50.0 Å². The van der Waals surface area contributed by atoms with E-state index in [0.717, 1.165) is 56.5 Å². The van der Waals surface area contributed by atoms with Gasteiger partial charge in [-0.25, -0.2) is 4.79 Å². The summed E-state index contributed by atoms with van der Waals surface area (Å²) in [6, 6.07) is 16.7. The Morgan fingerprint density at radius 2 is 1.97 bits per heavy atom. The second-order valence-corrected chi connectivity index (χ2v) is 8.82. The molecule has 0 bridgehead atoms. The van der Waals surface area contributed by atoms with Crippen molar-refractivity contribution in [2.45, 2.75) is 12.1 Å². The van der Waals surface area contributed by atoms with Crippen LogP contribution >= 0.6 is 12.2 Å². The van der Waals surface area contributed by atoms with Gasteiger partial charge < -0.3 is 24.6 Å². The number of carboxylic acids is 1. The number of aromatic carboxylic acids is 1. The predicted octanol–water partition coefficient (Wildman–Crippen LogP) is 2.88. The molecule has 3 aromatic rings. The van der Waals surface area contributed by atoms with E-state index in [4.69, 9.17) is 17.0 Å². The number of aromatic nitrogens is 2. The fourth-order valence-corrected chi connectivity index (χ4v) is 5.03. The monoisotopic (exact) mass is 477 g/mol. The van der Waals surface area contributed by atoms with Crippen LogP contribution in [0.3, 0.4) is 0 Å². The summed E-state index contributed by atoms with van der Waals surface area (Å²) in [5.41, 5.74) is 2.98. The van der Waals surface area contributed by atoms with Gasteiger partial charge in [0.25, 0.3) is 0 Å². The fourth-order valence-electron chi connectivity index (χ4n) is 4.70. The summed E-state index contributed by atoms with van der Waals surface area (Å²) < 4.78 is 7.54. The summed E-state index contributed by atoms with van der Waals surface area (Å²) in [6.45, 7) is 4.99. The van der Waals surface area contributed by atoms with Crippen LogP contribution in [0.15, 0.2) is 67.0 Å². The van der Waals surface area contributed by atoms with Crippen molar-refractivity contribution in [1.29, 1.82) is 0 Å². The Labute approximate surface area is 203 Å². The molecule has 5 rings (SSSR count). The normalized spacial score (nSPS) is 20.9. The van der Waals surface area contributed by atoms with E-state index < -0.39 is 5.97 Å². The average molecular weight is 478 g/mol. The minimum Gasteiger partial charge on any atom is -0.478 e. The van der Waals surface area contributed by atoms with Crippen molar-refractivity contribution in [2.75, 3.05) is 39.4 Å². The van der Waals surface area contributed by atoms with Gasteiger partial charge in [0.1, 0.15) is 0 Å². The van der Waals surface area contributed by atoms with Crippen molar-refractivity contribution in [2.24, 2.45) is 0 Å². The van der Waals surface area contributed by atoms with E-state index >= 15 is 0 Å². The number of carboxylic acid groups (broad SMARTS) is 1. The maximum Gasteiger partial charge on any atom is 0.335 e. The number of morpholine rings is 1. The summed E-state index contributed by atoms with van der Waals surface area (Å²) in [7, 11) is 0. The molecule has 2 aliphatic rings. The molecule has 0 amide bonds. The van der Waals surface area contributed by atoms with Crippen LogP contribution in [0.25, 0.3) is 5.69 Å². The van der Waals surface area contributed by atoms with Crippen LogP contribution in [0.5, 0.6) is 0 Å². The molecule has 2 atom stereocenters. The van der Waals surface area contributed by atoms with Gasteiger partial charge in [-0.05, 0) is 54.7 Å². The van der Waals surface area contributed by atoms with Crippen LogP contribution in [0.1, 0.15) is 33.8 Å². The quantitative estimate of drug-likeness (QED) is 0.503. The number of rotatable bonds is 7. The molecule has 2 fully saturated rings. The topological polar surface area (TPSA) is 82.9 Å². The van der Waals surface area contributed by atoms with Gasteiger partial charge >= 0.3 is 5.97 Å². The molecule has 9 heteroatoms. The Balaban J connectivity index is 1.51. The van der Waals surface area contributed by atoms with E-state index in [1.54, 1.807) is 24.4 Å². The molecule has 0 saturated carbocycles. The Morgan fingerprint density at radius 1 is 1.12 bits per heavy atom. The third-order valence-corrected chi connectivity index (χ3v) is 6.77. The molecular formula is C25H27N5O3S. The van der Waals surface area contributed by atoms with Gasteiger partial charge in [-0.3, -0.25) is 9.88 Å². The molecule has 2 aliphatic heterocycles. The Bertz CT molecular complexity index is 1160. The summed E-state index contributed by atoms with van der Waals surface area (Å²) >= 11 is 5.81. The average Bonchev–Trinajstić information content (AvgIpc) is 3.48. The van der Waals surface area contributed by atoms with E-state index in [0.29, 0.717) is 5.11 Å². The third-order valence-electron chi connectivity index (χ3n) is 6.41. The van der Waals surface area contributed by atoms with Crippen molar-refractivity contribution in [1.82, 2.24) is 24.7 Å². The summed E-state index contributed by atoms with van der Waals surface area (Å²) in [5.74, 6) is -0.947. The number of hydrogen-bond acceptors (Lipinski definition) is 5. The standard InChI is InChI=1S/C25H27N5O3S/c31-24(32)18-5-3-6-19(17-18)29-10-4-8-21(29)23-22(20-7-1-2-9-26-20)27-25(34)30(23)12-11-28-13-15-33-16-14-28/h1-10,17,22-23H,11-16H2,(H,27,34)(H,31,32). The van der Waals surface area contributed by atoms with Gasteiger partial charge in [0.15, 0.2) is 5.11 Å². The van der Waals surface area contributed by atoms with Gasteiger partial charge in [0.2, 0.25) is 0 Å². The molecule has 2 saturated heterocycles. The first kappa shape index (κ1) is 22.5. The molecular weight excluding hydrogens is 450 g/mol. The van der Waals surface area contributed by atoms with Crippen LogP contribution in [-0.4, -0.2) is 74.9 Å². The number of nitrogens with one attached hydrogen (secondary N) is 1. The molecule has 0 radical (unpaired) electrons. The van der Waals surface area contributed by atoms with Crippen LogP contribution in [-0.2, 0) is 4.74 Å². The fraction of sp³-hybridized carbons (Fsp3) is 0.320. The molecule has 0 aliphatic carbocycles. The van der Waals surface area contributed by atoms with Crippen LogP contribution in [0.4, 0.5) is 0 Å². The molecule has 2 aromatic heterocycles. The summed E-state index contributed by atoms with van der Waals surface area (Å²) in [4.78, 5) is 20.8. The van der Waals surface area contributed by atoms with E-state index in [2.05, 4.69) is 26.2 Å². The second-order valence-electron chi connectivity index (χ2n) is 8.43. The van der Waals surface area contributed by atoms with E-state index in [1.165, 1.54) is 0 Å². The van der Waals surface area contributed by atoms with Crippen LogP contribution < -0.4 is 5.32 Å². The number of thiocarbonyl (C=S) groups is 1. The largest absolute Gasteiger partial charge is 0.478 e. The van der Waals surface area contributed by atoms with Crippen LogP contribution in [0, 0.1) is 0 Å². The van der Waals surface area contributed by atoms with Crippen molar-refractivity contribution in [3.05, 3.63) is 83.9 Å². The lowest BCUT2D eigenvalue weighted by molar-refractivity contribution is 0.0349. The lowest BCUT2D eigenvalue weighted by atomic mass is 10.0. The van der Waals surface area contributed by atoms with E-state index in [9.17, 15) is 9.90 Å². The highest BCUT2D eigenvalue weighted by atomic mass is 32.1. The zero-order valence-corrected chi connectivity index (χ0v) is 19.5. The van der Waals surface area contributed by atoms with Crippen molar-refractivity contribution >= 4 is 23.3 Å². The minimum atomic E-state index is -0.947. The van der Waals surface area contributed by atoms with Crippen LogP contribution in [0.2, 0.25) is 0 Å². The lowest BCUT2D eigenvalue weighted by Gasteiger charge is -2.32. The maximum atomic E-state index is 11.6. The molecule has 1 aromatic carbocycles. The van der Waals surface area contributed by atoms with Crippen molar-refractivity contribution in [3.8, 4) is 5.69 Å². The molecule has 8 nitrogen and oxygen atoms in total. The predicted molar refractivity (Wildman–Crippen MR) is 132 cm³/mol. The molecule has 176 valence electrons.